The predicted octanol–water partition coefficient (Wildman–Crippen LogP) is 3.20. The van der Waals surface area contributed by atoms with Crippen LogP contribution >= 0.6 is 15.9 Å². The molecule has 0 heterocycles. The first-order chi connectivity index (χ1) is 6.59. The molecule has 2 heteroatoms. The Morgan fingerprint density at radius 1 is 1.29 bits per heavy atom. The number of ketones is 1. The zero-order valence-electron chi connectivity index (χ0n) is 8.43. The van der Waals surface area contributed by atoms with Gasteiger partial charge >= 0.3 is 0 Å². The Labute approximate surface area is 92.6 Å². The first kappa shape index (κ1) is 9.91. The van der Waals surface area contributed by atoms with Gasteiger partial charge in [-0.25, -0.2) is 0 Å². The summed E-state index contributed by atoms with van der Waals surface area (Å²) in [6, 6.07) is 4.18. The van der Waals surface area contributed by atoms with E-state index < -0.39 is 0 Å². The zero-order valence-corrected chi connectivity index (χ0v) is 10.0. The van der Waals surface area contributed by atoms with Gasteiger partial charge in [-0.2, -0.15) is 0 Å². The van der Waals surface area contributed by atoms with Gasteiger partial charge in [0.25, 0.3) is 0 Å². The molecule has 1 aliphatic carbocycles. The number of carbonyl (C=O) groups is 1. The number of hydrogen-bond acceptors (Lipinski definition) is 1. The second kappa shape index (κ2) is 3.50. The first-order valence-electron chi connectivity index (χ1n) is 4.88. The number of rotatable bonds is 0. The number of alkyl halides is 1. The fourth-order valence-corrected chi connectivity index (χ4v) is 2.37. The van der Waals surface area contributed by atoms with E-state index in [9.17, 15) is 4.79 Å². The van der Waals surface area contributed by atoms with Crippen molar-refractivity contribution in [3.8, 4) is 0 Å². The fourth-order valence-electron chi connectivity index (χ4n) is 1.89. The van der Waals surface area contributed by atoms with Crippen LogP contribution < -0.4 is 0 Å². The molecule has 0 saturated carbocycles. The lowest BCUT2D eigenvalue weighted by Crippen LogP contribution is -2.22. The molecule has 1 nitrogen and oxygen atoms in total. The number of hydrogen-bond donors (Lipinski definition) is 0. The van der Waals surface area contributed by atoms with Crippen LogP contribution in [0.15, 0.2) is 12.1 Å². The molecule has 1 aliphatic rings. The van der Waals surface area contributed by atoms with Crippen molar-refractivity contribution in [2.75, 3.05) is 0 Å². The van der Waals surface area contributed by atoms with Gasteiger partial charge in [0.1, 0.15) is 0 Å². The highest BCUT2D eigenvalue weighted by atomic mass is 79.9. The molecule has 1 unspecified atom stereocenters. The van der Waals surface area contributed by atoms with Gasteiger partial charge in [-0.15, -0.1) is 0 Å². The van der Waals surface area contributed by atoms with E-state index in [0.29, 0.717) is 0 Å². The van der Waals surface area contributed by atoms with E-state index in [1.165, 1.54) is 16.7 Å². The molecule has 0 spiro atoms. The molecular formula is C12H13BrO. The molecule has 1 atom stereocenters. The molecule has 0 N–H and O–H groups in total. The summed E-state index contributed by atoms with van der Waals surface area (Å²) in [6.07, 6.45) is 1.94. The summed E-state index contributed by atoms with van der Waals surface area (Å²) in [7, 11) is 0. The van der Waals surface area contributed by atoms with Crippen molar-refractivity contribution in [3.05, 3.63) is 34.4 Å². The number of benzene rings is 1. The average molecular weight is 253 g/mol. The minimum atomic E-state index is 0.0251. The summed E-state index contributed by atoms with van der Waals surface area (Å²) in [5.41, 5.74) is 4.62. The Bertz CT molecular complexity index is 396. The Morgan fingerprint density at radius 3 is 2.64 bits per heavy atom. The maximum absolute atomic E-state index is 11.8. The predicted molar refractivity (Wildman–Crippen MR) is 61.3 cm³/mol. The largest absolute Gasteiger partial charge is 0.293 e. The van der Waals surface area contributed by atoms with Crippen molar-refractivity contribution in [3.63, 3.8) is 0 Å². The van der Waals surface area contributed by atoms with Crippen LogP contribution in [-0.2, 0) is 6.42 Å². The van der Waals surface area contributed by atoms with Crippen molar-refractivity contribution in [2.45, 2.75) is 31.5 Å². The monoisotopic (exact) mass is 252 g/mol. The highest BCUT2D eigenvalue weighted by Crippen LogP contribution is 2.27. The summed E-state index contributed by atoms with van der Waals surface area (Å²) < 4.78 is 0. The molecule has 14 heavy (non-hydrogen) atoms. The highest BCUT2D eigenvalue weighted by molar-refractivity contribution is 9.10. The molecule has 0 aliphatic heterocycles. The van der Waals surface area contributed by atoms with Gasteiger partial charge in [0.05, 0.1) is 4.83 Å². The minimum Gasteiger partial charge on any atom is -0.293 e. The molecule has 2 rings (SSSR count). The molecular weight excluding hydrogens is 240 g/mol. The van der Waals surface area contributed by atoms with Crippen molar-refractivity contribution in [2.24, 2.45) is 0 Å². The quantitative estimate of drug-likeness (QED) is 0.649. The Hall–Kier alpha value is -0.630. The van der Waals surface area contributed by atoms with Crippen LogP contribution in [0.4, 0.5) is 0 Å². The number of halogens is 1. The number of Topliss-reactive ketones (excluding diaryl/α,β-unsaturated/α-hetero) is 1. The van der Waals surface area contributed by atoms with Gasteiger partial charge in [0, 0.05) is 5.56 Å². The number of aryl methyl sites for hydroxylation is 3. The molecule has 0 fully saturated rings. The summed E-state index contributed by atoms with van der Waals surface area (Å²) >= 11 is 3.42. The van der Waals surface area contributed by atoms with Crippen LogP contribution in [0.5, 0.6) is 0 Å². The Kier molecular flexibility index (Phi) is 2.48. The minimum absolute atomic E-state index is 0.0251. The molecule has 0 aromatic heterocycles. The van der Waals surface area contributed by atoms with Gasteiger partial charge < -0.3 is 0 Å². The van der Waals surface area contributed by atoms with Crippen molar-refractivity contribution < 1.29 is 4.79 Å². The van der Waals surface area contributed by atoms with E-state index in [1.54, 1.807) is 0 Å². The molecule has 1 aromatic rings. The third-order valence-corrected chi connectivity index (χ3v) is 3.81. The molecule has 0 radical (unpaired) electrons. The van der Waals surface area contributed by atoms with Crippen LogP contribution in [0.3, 0.4) is 0 Å². The van der Waals surface area contributed by atoms with Crippen molar-refractivity contribution in [1.82, 2.24) is 0 Å². The van der Waals surface area contributed by atoms with Crippen LogP contribution in [0.2, 0.25) is 0 Å². The van der Waals surface area contributed by atoms with Crippen LogP contribution in [0.1, 0.15) is 33.5 Å². The van der Waals surface area contributed by atoms with Gasteiger partial charge in [0.15, 0.2) is 5.78 Å². The van der Waals surface area contributed by atoms with E-state index >= 15 is 0 Å². The SMILES string of the molecule is Cc1cc2c(cc1C)C(=O)C(Br)CC2. The highest BCUT2D eigenvalue weighted by Gasteiger charge is 2.25. The second-order valence-corrected chi connectivity index (χ2v) is 5.07. The van der Waals surface area contributed by atoms with Gasteiger partial charge in [0.2, 0.25) is 0 Å². The van der Waals surface area contributed by atoms with Crippen molar-refractivity contribution >= 4 is 21.7 Å². The van der Waals surface area contributed by atoms with E-state index in [2.05, 4.69) is 35.8 Å². The molecule has 0 saturated heterocycles. The normalized spacial score (nSPS) is 20.8. The Morgan fingerprint density at radius 2 is 1.93 bits per heavy atom. The van der Waals surface area contributed by atoms with Gasteiger partial charge in [-0.3, -0.25) is 4.79 Å². The summed E-state index contributed by atoms with van der Waals surface area (Å²) in [5, 5.41) is 0. The lowest BCUT2D eigenvalue weighted by atomic mass is 9.88. The van der Waals surface area contributed by atoms with Crippen LogP contribution in [0.25, 0.3) is 0 Å². The molecule has 74 valence electrons. The van der Waals surface area contributed by atoms with Crippen molar-refractivity contribution in [1.29, 1.82) is 0 Å². The maximum atomic E-state index is 11.8. The maximum Gasteiger partial charge on any atom is 0.176 e. The van der Waals surface area contributed by atoms with Crippen LogP contribution in [-0.4, -0.2) is 10.6 Å². The third kappa shape index (κ3) is 1.52. The Balaban J connectivity index is 2.56. The number of carbonyl (C=O) groups excluding carboxylic acids is 1. The second-order valence-electron chi connectivity index (χ2n) is 3.96. The molecule has 0 amide bonds. The number of fused-ring (bicyclic) bond motifs is 1. The summed E-state index contributed by atoms with van der Waals surface area (Å²) in [6.45, 7) is 4.15. The summed E-state index contributed by atoms with van der Waals surface area (Å²) in [4.78, 5) is 11.9. The summed E-state index contributed by atoms with van der Waals surface area (Å²) in [5.74, 6) is 0.245. The van der Waals surface area contributed by atoms with Crippen LogP contribution in [0, 0.1) is 13.8 Å². The van der Waals surface area contributed by atoms with E-state index in [0.717, 1.165) is 18.4 Å². The van der Waals surface area contributed by atoms with E-state index in [4.69, 9.17) is 0 Å². The smallest absolute Gasteiger partial charge is 0.176 e. The lowest BCUT2D eigenvalue weighted by Gasteiger charge is -2.20. The standard InChI is InChI=1S/C12H13BrO/c1-7-5-9-3-4-11(13)12(14)10(9)6-8(7)2/h5-6,11H,3-4H2,1-2H3. The zero-order chi connectivity index (χ0) is 10.3. The first-order valence-corrected chi connectivity index (χ1v) is 5.79. The fraction of sp³-hybridized carbons (Fsp3) is 0.417. The van der Waals surface area contributed by atoms with E-state index in [1.807, 2.05) is 6.07 Å². The molecule has 1 aromatic carbocycles. The van der Waals surface area contributed by atoms with Gasteiger partial charge in [-0.1, -0.05) is 22.0 Å². The van der Waals surface area contributed by atoms with E-state index in [-0.39, 0.29) is 10.6 Å². The topological polar surface area (TPSA) is 17.1 Å². The average Bonchev–Trinajstić information content (AvgIpc) is 2.15. The lowest BCUT2D eigenvalue weighted by molar-refractivity contribution is 0.0981. The van der Waals surface area contributed by atoms with Gasteiger partial charge in [-0.05, 0) is 49.4 Å². The molecule has 0 bridgehead atoms. The third-order valence-electron chi connectivity index (χ3n) is 2.94.